The van der Waals surface area contributed by atoms with E-state index in [1.165, 1.54) is 6.33 Å². The van der Waals surface area contributed by atoms with E-state index in [1.807, 2.05) is 0 Å². The predicted molar refractivity (Wildman–Crippen MR) is 51.7 cm³/mol. The summed E-state index contributed by atoms with van der Waals surface area (Å²) >= 11 is 5.89. The molecule has 0 atom stereocenters. The van der Waals surface area contributed by atoms with Crippen LogP contribution in [0, 0.1) is 0 Å². The molecular formula is C8H11ClN4. The largest absolute Gasteiger partial charge is 0.362 e. The van der Waals surface area contributed by atoms with Crippen molar-refractivity contribution in [1.82, 2.24) is 9.97 Å². The van der Waals surface area contributed by atoms with Crippen LogP contribution in [0.15, 0.2) is 12.5 Å². The lowest BCUT2D eigenvalue weighted by molar-refractivity contribution is 0.736. The number of rotatable bonds is 3. The Balaban J connectivity index is 2.14. The maximum absolute atomic E-state index is 5.89. The SMILES string of the molecule is NCC1(Nc2ncncc2Cl)CC1. The predicted octanol–water partition coefficient (Wildman–Crippen LogP) is 1.03. The Morgan fingerprint density at radius 2 is 2.38 bits per heavy atom. The van der Waals surface area contributed by atoms with Crippen LogP contribution in [-0.4, -0.2) is 22.1 Å². The summed E-state index contributed by atoms with van der Waals surface area (Å²) in [7, 11) is 0. The van der Waals surface area contributed by atoms with Gasteiger partial charge in [0.25, 0.3) is 0 Å². The molecule has 0 radical (unpaired) electrons. The molecule has 1 fully saturated rings. The average Bonchev–Trinajstić information content (AvgIpc) is 2.90. The van der Waals surface area contributed by atoms with Gasteiger partial charge in [0.2, 0.25) is 0 Å². The molecule has 5 heteroatoms. The number of nitrogens with one attached hydrogen (secondary N) is 1. The molecule has 13 heavy (non-hydrogen) atoms. The molecule has 1 aliphatic rings. The smallest absolute Gasteiger partial charge is 0.148 e. The second-order valence-electron chi connectivity index (χ2n) is 3.33. The van der Waals surface area contributed by atoms with Crippen molar-refractivity contribution in [2.75, 3.05) is 11.9 Å². The fraction of sp³-hybridized carbons (Fsp3) is 0.500. The second kappa shape index (κ2) is 3.12. The first-order chi connectivity index (χ1) is 6.26. The molecule has 3 N–H and O–H groups in total. The van der Waals surface area contributed by atoms with Gasteiger partial charge < -0.3 is 11.1 Å². The summed E-state index contributed by atoms with van der Waals surface area (Å²) in [6.07, 6.45) is 5.22. The third-order valence-corrected chi connectivity index (χ3v) is 2.57. The van der Waals surface area contributed by atoms with Crippen LogP contribution >= 0.6 is 11.6 Å². The van der Waals surface area contributed by atoms with Crippen LogP contribution in [-0.2, 0) is 0 Å². The first kappa shape index (κ1) is 8.72. The molecule has 0 aromatic carbocycles. The van der Waals surface area contributed by atoms with Crippen molar-refractivity contribution in [1.29, 1.82) is 0 Å². The van der Waals surface area contributed by atoms with Crippen LogP contribution in [0.1, 0.15) is 12.8 Å². The Morgan fingerprint density at radius 3 is 2.92 bits per heavy atom. The second-order valence-corrected chi connectivity index (χ2v) is 3.74. The van der Waals surface area contributed by atoms with Gasteiger partial charge in [-0.2, -0.15) is 0 Å². The minimum atomic E-state index is 0.0397. The minimum absolute atomic E-state index is 0.0397. The Kier molecular flexibility index (Phi) is 2.09. The van der Waals surface area contributed by atoms with Gasteiger partial charge in [-0.1, -0.05) is 11.6 Å². The molecule has 0 aliphatic heterocycles. The molecular weight excluding hydrogens is 188 g/mol. The van der Waals surface area contributed by atoms with Crippen LogP contribution in [0.5, 0.6) is 0 Å². The highest BCUT2D eigenvalue weighted by atomic mass is 35.5. The Hall–Kier alpha value is -0.870. The number of nitrogens with zero attached hydrogens (tertiary/aromatic N) is 2. The van der Waals surface area contributed by atoms with Crippen molar-refractivity contribution in [3.63, 3.8) is 0 Å². The fourth-order valence-electron chi connectivity index (χ4n) is 1.19. The molecule has 1 aromatic rings. The molecule has 2 rings (SSSR count). The topological polar surface area (TPSA) is 63.8 Å². The summed E-state index contributed by atoms with van der Waals surface area (Å²) in [5, 5.41) is 3.78. The number of anilines is 1. The molecule has 0 unspecified atom stereocenters. The van der Waals surface area contributed by atoms with Gasteiger partial charge in [-0.25, -0.2) is 9.97 Å². The van der Waals surface area contributed by atoms with Crippen LogP contribution in [0.3, 0.4) is 0 Å². The Morgan fingerprint density at radius 1 is 1.62 bits per heavy atom. The molecule has 0 bridgehead atoms. The van der Waals surface area contributed by atoms with Gasteiger partial charge in [0.15, 0.2) is 0 Å². The summed E-state index contributed by atoms with van der Waals surface area (Å²) < 4.78 is 0. The van der Waals surface area contributed by atoms with Gasteiger partial charge in [0.05, 0.1) is 11.7 Å². The zero-order chi connectivity index (χ0) is 9.31. The van der Waals surface area contributed by atoms with Crippen molar-refractivity contribution < 1.29 is 0 Å². The quantitative estimate of drug-likeness (QED) is 0.762. The molecule has 1 aliphatic carbocycles. The van der Waals surface area contributed by atoms with E-state index >= 15 is 0 Å². The number of aromatic nitrogens is 2. The number of nitrogens with two attached hydrogens (primary N) is 1. The highest BCUT2D eigenvalue weighted by Crippen LogP contribution is 2.38. The minimum Gasteiger partial charge on any atom is -0.362 e. The Bertz CT molecular complexity index is 311. The zero-order valence-corrected chi connectivity index (χ0v) is 7.88. The normalized spacial score (nSPS) is 18.3. The maximum Gasteiger partial charge on any atom is 0.148 e. The summed E-state index contributed by atoms with van der Waals surface area (Å²) in [6.45, 7) is 0.618. The third kappa shape index (κ3) is 1.73. The van der Waals surface area contributed by atoms with E-state index in [1.54, 1.807) is 6.20 Å². The molecule has 1 saturated carbocycles. The van der Waals surface area contributed by atoms with Crippen LogP contribution < -0.4 is 11.1 Å². The summed E-state index contributed by atoms with van der Waals surface area (Å²) in [4.78, 5) is 7.85. The highest BCUT2D eigenvalue weighted by Gasteiger charge is 2.41. The van der Waals surface area contributed by atoms with Crippen molar-refractivity contribution in [3.05, 3.63) is 17.5 Å². The number of hydrogen-bond donors (Lipinski definition) is 2. The van der Waals surface area contributed by atoms with Gasteiger partial charge in [-0.15, -0.1) is 0 Å². The highest BCUT2D eigenvalue weighted by molar-refractivity contribution is 6.32. The molecule has 0 spiro atoms. The summed E-state index contributed by atoms with van der Waals surface area (Å²) in [5.74, 6) is 0.680. The average molecular weight is 199 g/mol. The zero-order valence-electron chi connectivity index (χ0n) is 7.13. The number of hydrogen-bond acceptors (Lipinski definition) is 4. The van der Waals surface area contributed by atoms with E-state index in [9.17, 15) is 0 Å². The van der Waals surface area contributed by atoms with Crippen LogP contribution in [0.25, 0.3) is 0 Å². The van der Waals surface area contributed by atoms with E-state index < -0.39 is 0 Å². The van der Waals surface area contributed by atoms with Crippen molar-refractivity contribution in [2.45, 2.75) is 18.4 Å². The molecule has 1 aromatic heterocycles. The van der Waals surface area contributed by atoms with Gasteiger partial charge in [-0.05, 0) is 12.8 Å². The van der Waals surface area contributed by atoms with Gasteiger partial charge >= 0.3 is 0 Å². The van der Waals surface area contributed by atoms with Crippen molar-refractivity contribution in [3.8, 4) is 0 Å². The number of halogens is 1. The van der Waals surface area contributed by atoms with E-state index in [0.29, 0.717) is 17.4 Å². The molecule has 1 heterocycles. The van der Waals surface area contributed by atoms with Crippen molar-refractivity contribution >= 4 is 17.4 Å². The lowest BCUT2D eigenvalue weighted by atomic mass is 10.3. The van der Waals surface area contributed by atoms with E-state index in [0.717, 1.165) is 12.8 Å². The first-order valence-corrected chi connectivity index (χ1v) is 4.57. The monoisotopic (exact) mass is 198 g/mol. The molecule has 0 amide bonds. The standard InChI is InChI=1S/C8H11ClN4/c9-6-3-11-5-12-7(6)13-8(4-10)1-2-8/h3,5H,1-2,4,10H2,(H,11,12,13). The van der Waals surface area contributed by atoms with Gasteiger partial charge in [0.1, 0.15) is 17.2 Å². The first-order valence-electron chi connectivity index (χ1n) is 4.19. The van der Waals surface area contributed by atoms with Crippen LogP contribution in [0.2, 0.25) is 5.02 Å². The van der Waals surface area contributed by atoms with Gasteiger partial charge in [-0.3, -0.25) is 0 Å². The maximum atomic E-state index is 5.89. The third-order valence-electron chi connectivity index (χ3n) is 2.30. The Labute approximate surface area is 81.5 Å². The summed E-state index contributed by atoms with van der Waals surface area (Å²) in [5.41, 5.74) is 5.66. The van der Waals surface area contributed by atoms with Gasteiger partial charge in [0, 0.05) is 6.54 Å². The molecule has 4 nitrogen and oxygen atoms in total. The van der Waals surface area contributed by atoms with Crippen LogP contribution in [0.4, 0.5) is 5.82 Å². The van der Waals surface area contributed by atoms with Crippen molar-refractivity contribution in [2.24, 2.45) is 5.73 Å². The lowest BCUT2D eigenvalue weighted by Crippen LogP contribution is -2.31. The van der Waals surface area contributed by atoms with E-state index in [2.05, 4.69) is 15.3 Å². The molecule has 70 valence electrons. The summed E-state index contributed by atoms with van der Waals surface area (Å²) in [6, 6.07) is 0. The van der Waals surface area contributed by atoms with E-state index in [4.69, 9.17) is 17.3 Å². The molecule has 0 saturated heterocycles. The lowest BCUT2D eigenvalue weighted by Gasteiger charge is -2.15. The van der Waals surface area contributed by atoms with E-state index in [-0.39, 0.29) is 5.54 Å². The fourth-order valence-corrected chi connectivity index (χ4v) is 1.34.